The van der Waals surface area contributed by atoms with E-state index in [0.717, 1.165) is 24.3 Å². The van der Waals surface area contributed by atoms with Crippen LogP contribution in [0.4, 0.5) is 14.5 Å². The number of anilines is 1. The maximum absolute atomic E-state index is 13.9. The average molecular weight is 372 g/mol. The van der Waals surface area contributed by atoms with Crippen molar-refractivity contribution in [2.24, 2.45) is 0 Å². The van der Waals surface area contributed by atoms with Gasteiger partial charge in [-0.3, -0.25) is 4.72 Å². The zero-order chi connectivity index (χ0) is 17.3. The average Bonchev–Trinajstić information content (AvgIpc) is 3.06. The van der Waals surface area contributed by atoms with Gasteiger partial charge in [-0.15, -0.1) is 5.10 Å². The molecule has 0 atom stereocenters. The lowest BCUT2D eigenvalue weighted by molar-refractivity contribution is 0.597. The summed E-state index contributed by atoms with van der Waals surface area (Å²) in [5.74, 6) is -1.56. The molecule has 1 aromatic heterocycles. The molecular formula is C13H8ClF2N5O2S. The molecule has 1 heterocycles. The number of nitrogens with one attached hydrogen (secondary N) is 1. The van der Waals surface area contributed by atoms with Crippen LogP contribution < -0.4 is 4.72 Å². The quantitative estimate of drug-likeness (QED) is 0.760. The largest absolute Gasteiger partial charge is 0.277 e. The summed E-state index contributed by atoms with van der Waals surface area (Å²) in [6, 6.07) is 6.51. The predicted molar refractivity (Wildman–Crippen MR) is 81.3 cm³/mol. The Bertz CT molecular complexity index is 996. The Morgan fingerprint density at radius 2 is 1.83 bits per heavy atom. The molecule has 2 aromatic carbocycles. The van der Waals surface area contributed by atoms with E-state index in [1.165, 1.54) is 23.1 Å². The normalized spacial score (nSPS) is 11.5. The second-order valence-electron chi connectivity index (χ2n) is 4.60. The first-order valence-electron chi connectivity index (χ1n) is 6.37. The summed E-state index contributed by atoms with van der Waals surface area (Å²) in [5.41, 5.74) is 0.0275. The van der Waals surface area contributed by atoms with Crippen molar-refractivity contribution >= 4 is 27.3 Å². The van der Waals surface area contributed by atoms with E-state index in [2.05, 4.69) is 20.2 Å². The number of hydrogen-bond donors (Lipinski definition) is 1. The zero-order valence-corrected chi connectivity index (χ0v) is 13.3. The molecule has 24 heavy (non-hydrogen) atoms. The lowest BCUT2D eigenvalue weighted by atomic mass is 10.3. The van der Waals surface area contributed by atoms with Gasteiger partial charge >= 0.3 is 0 Å². The van der Waals surface area contributed by atoms with Gasteiger partial charge in [0.25, 0.3) is 10.0 Å². The molecule has 0 amide bonds. The molecule has 0 aliphatic carbocycles. The Morgan fingerprint density at radius 1 is 1.08 bits per heavy atom. The van der Waals surface area contributed by atoms with Gasteiger partial charge in [0.1, 0.15) is 18.0 Å². The number of aromatic nitrogens is 4. The Kier molecular flexibility index (Phi) is 4.16. The lowest BCUT2D eigenvalue weighted by Crippen LogP contribution is -2.14. The van der Waals surface area contributed by atoms with Crippen LogP contribution in [0.2, 0.25) is 5.02 Å². The molecular weight excluding hydrogens is 364 g/mol. The molecule has 0 aliphatic rings. The first-order chi connectivity index (χ1) is 11.4. The smallest absolute Gasteiger partial charge is 0.262 e. The Balaban J connectivity index is 1.97. The molecule has 0 unspecified atom stereocenters. The van der Waals surface area contributed by atoms with Gasteiger partial charge in [0.15, 0.2) is 0 Å². The van der Waals surface area contributed by atoms with E-state index in [1.54, 1.807) is 0 Å². The van der Waals surface area contributed by atoms with E-state index in [1.807, 2.05) is 0 Å². The first kappa shape index (κ1) is 16.3. The van der Waals surface area contributed by atoms with Crippen molar-refractivity contribution in [2.75, 3.05) is 4.72 Å². The minimum Gasteiger partial charge on any atom is -0.277 e. The molecule has 124 valence electrons. The summed E-state index contributed by atoms with van der Waals surface area (Å²) >= 11 is 5.58. The highest BCUT2D eigenvalue weighted by Crippen LogP contribution is 2.24. The van der Waals surface area contributed by atoms with Gasteiger partial charge in [-0.2, -0.15) is 0 Å². The fraction of sp³-hybridized carbons (Fsp3) is 0. The molecule has 0 saturated carbocycles. The van der Waals surface area contributed by atoms with Gasteiger partial charge in [-0.25, -0.2) is 21.9 Å². The molecule has 0 saturated heterocycles. The zero-order valence-electron chi connectivity index (χ0n) is 11.7. The molecule has 0 spiro atoms. The van der Waals surface area contributed by atoms with Crippen molar-refractivity contribution < 1.29 is 17.2 Å². The summed E-state index contributed by atoms with van der Waals surface area (Å²) in [7, 11) is -4.16. The van der Waals surface area contributed by atoms with Crippen molar-refractivity contribution in [1.82, 2.24) is 20.2 Å². The number of rotatable bonds is 4. The number of sulfonamides is 1. The summed E-state index contributed by atoms with van der Waals surface area (Å²) in [6.45, 7) is 0. The van der Waals surface area contributed by atoms with Gasteiger partial charge in [-0.05, 0) is 46.8 Å². The topological polar surface area (TPSA) is 89.8 Å². The molecule has 0 radical (unpaired) electrons. The molecule has 7 nitrogen and oxygen atoms in total. The van der Waals surface area contributed by atoms with E-state index < -0.39 is 21.7 Å². The highest BCUT2D eigenvalue weighted by molar-refractivity contribution is 7.92. The second kappa shape index (κ2) is 6.13. The van der Waals surface area contributed by atoms with Crippen LogP contribution in [-0.4, -0.2) is 28.6 Å². The molecule has 3 aromatic rings. The first-order valence-corrected chi connectivity index (χ1v) is 8.24. The molecule has 1 N–H and O–H groups in total. The molecule has 3 rings (SSSR count). The van der Waals surface area contributed by atoms with Gasteiger partial charge in [-0.1, -0.05) is 11.6 Å². The summed E-state index contributed by atoms with van der Waals surface area (Å²) in [5, 5.41) is 10.2. The van der Waals surface area contributed by atoms with E-state index in [0.29, 0.717) is 5.69 Å². The van der Waals surface area contributed by atoms with E-state index in [9.17, 15) is 17.2 Å². The van der Waals surface area contributed by atoms with Crippen LogP contribution in [0, 0.1) is 11.6 Å². The van der Waals surface area contributed by atoms with Crippen molar-refractivity contribution in [3.8, 4) is 5.69 Å². The van der Waals surface area contributed by atoms with Crippen LogP contribution in [-0.2, 0) is 10.0 Å². The van der Waals surface area contributed by atoms with Crippen molar-refractivity contribution in [1.29, 1.82) is 0 Å². The van der Waals surface area contributed by atoms with E-state index >= 15 is 0 Å². The van der Waals surface area contributed by atoms with Gasteiger partial charge in [0, 0.05) is 0 Å². The number of tetrazole rings is 1. The van der Waals surface area contributed by atoms with Crippen LogP contribution in [0.25, 0.3) is 5.69 Å². The maximum atomic E-state index is 13.9. The van der Waals surface area contributed by atoms with E-state index in [4.69, 9.17) is 11.6 Å². The van der Waals surface area contributed by atoms with E-state index in [-0.39, 0.29) is 15.6 Å². The molecule has 0 fully saturated rings. The molecule has 0 bridgehead atoms. The minimum absolute atomic E-state index is 0.305. The number of benzene rings is 2. The SMILES string of the molecule is O=S(=O)(Nc1cc(-n2cnnn2)ccc1F)c1ccc(F)c(Cl)c1. The van der Waals surface area contributed by atoms with Crippen molar-refractivity contribution in [2.45, 2.75) is 4.90 Å². The van der Waals surface area contributed by atoms with Gasteiger partial charge in [0.2, 0.25) is 0 Å². The van der Waals surface area contributed by atoms with Crippen molar-refractivity contribution in [3.63, 3.8) is 0 Å². The van der Waals surface area contributed by atoms with Gasteiger partial charge < -0.3 is 0 Å². The standard InChI is InChI=1S/C13H8ClF2N5O2S/c14-10-6-9(2-4-11(10)15)24(22,23)18-13-5-8(1-3-12(13)16)21-7-17-19-20-21/h1-7,18H. The Morgan fingerprint density at radius 3 is 2.50 bits per heavy atom. The molecule has 11 heteroatoms. The van der Waals surface area contributed by atoms with Gasteiger partial charge in [0.05, 0.1) is 21.3 Å². The summed E-state index contributed by atoms with van der Waals surface area (Å²) in [4.78, 5) is -0.305. The third-order valence-corrected chi connectivity index (χ3v) is 4.66. The van der Waals surface area contributed by atoms with Crippen LogP contribution >= 0.6 is 11.6 Å². The fourth-order valence-electron chi connectivity index (χ4n) is 1.86. The number of hydrogen-bond acceptors (Lipinski definition) is 5. The van der Waals surface area contributed by atoms with Crippen LogP contribution in [0.5, 0.6) is 0 Å². The maximum Gasteiger partial charge on any atom is 0.262 e. The third kappa shape index (κ3) is 3.19. The molecule has 0 aliphatic heterocycles. The van der Waals surface area contributed by atoms with Crippen LogP contribution in [0.3, 0.4) is 0 Å². The Hall–Kier alpha value is -2.59. The highest BCUT2D eigenvalue weighted by Gasteiger charge is 2.18. The summed E-state index contributed by atoms with van der Waals surface area (Å²) in [6.07, 6.45) is 1.27. The predicted octanol–water partition coefficient (Wildman–Crippen LogP) is 2.39. The van der Waals surface area contributed by atoms with Crippen molar-refractivity contribution in [3.05, 3.63) is 59.4 Å². The minimum atomic E-state index is -4.16. The fourth-order valence-corrected chi connectivity index (χ4v) is 3.19. The highest BCUT2D eigenvalue weighted by atomic mass is 35.5. The van der Waals surface area contributed by atoms with Crippen LogP contribution in [0.15, 0.2) is 47.6 Å². The summed E-state index contributed by atoms with van der Waals surface area (Å²) < 4.78 is 55.0. The lowest BCUT2D eigenvalue weighted by Gasteiger charge is -2.11. The monoisotopic (exact) mass is 371 g/mol. The Labute approximate surface area is 139 Å². The second-order valence-corrected chi connectivity index (χ2v) is 6.69. The van der Waals surface area contributed by atoms with Crippen LogP contribution in [0.1, 0.15) is 0 Å². The third-order valence-electron chi connectivity index (χ3n) is 3.01. The number of nitrogens with zero attached hydrogens (tertiary/aromatic N) is 4. The number of halogens is 3.